The van der Waals surface area contributed by atoms with Crippen molar-refractivity contribution in [2.24, 2.45) is 10.9 Å². The van der Waals surface area contributed by atoms with E-state index in [2.05, 4.69) is 9.88 Å². The second-order valence-corrected chi connectivity index (χ2v) is 6.27. The van der Waals surface area contributed by atoms with Gasteiger partial charge in [0.25, 0.3) is 0 Å². The highest BCUT2D eigenvalue weighted by Crippen LogP contribution is 2.29. The number of amidine groups is 1. The number of hydrogen-bond acceptors (Lipinski definition) is 4. The van der Waals surface area contributed by atoms with E-state index < -0.39 is 10.0 Å². The topological polar surface area (TPSA) is 105 Å². The number of anilines is 1. The van der Waals surface area contributed by atoms with Crippen LogP contribution in [0.3, 0.4) is 0 Å². The van der Waals surface area contributed by atoms with Gasteiger partial charge in [0.15, 0.2) is 0 Å². The SMILES string of the molecule is NC(Cc1ccc(NS(=O)(=O)C2CC2)cc1)=NO. The smallest absolute Gasteiger partial charge is 0.235 e. The third kappa shape index (κ3) is 3.13. The van der Waals surface area contributed by atoms with E-state index in [1.807, 2.05) is 0 Å². The lowest BCUT2D eigenvalue weighted by atomic mass is 10.1. The third-order valence-corrected chi connectivity index (χ3v) is 4.56. The van der Waals surface area contributed by atoms with Crippen molar-refractivity contribution in [3.05, 3.63) is 29.8 Å². The molecule has 0 unspecified atom stereocenters. The third-order valence-electron chi connectivity index (χ3n) is 2.69. The fourth-order valence-electron chi connectivity index (χ4n) is 1.56. The molecule has 1 saturated carbocycles. The number of sulfonamides is 1. The second-order valence-electron chi connectivity index (χ2n) is 4.31. The summed E-state index contributed by atoms with van der Waals surface area (Å²) < 4.78 is 25.9. The molecule has 1 aliphatic rings. The molecule has 0 atom stereocenters. The van der Waals surface area contributed by atoms with Crippen LogP contribution in [-0.2, 0) is 16.4 Å². The van der Waals surface area contributed by atoms with Gasteiger partial charge >= 0.3 is 0 Å². The van der Waals surface area contributed by atoms with Crippen LogP contribution in [0, 0.1) is 0 Å². The fraction of sp³-hybridized carbons (Fsp3) is 0.364. The van der Waals surface area contributed by atoms with Crippen molar-refractivity contribution < 1.29 is 13.6 Å². The van der Waals surface area contributed by atoms with Crippen LogP contribution in [0.1, 0.15) is 18.4 Å². The van der Waals surface area contributed by atoms with Crippen LogP contribution < -0.4 is 10.5 Å². The van der Waals surface area contributed by atoms with E-state index in [-0.39, 0.29) is 11.1 Å². The Hall–Kier alpha value is -1.76. The first-order valence-corrected chi connectivity index (χ1v) is 7.13. The van der Waals surface area contributed by atoms with Gasteiger partial charge in [-0.25, -0.2) is 8.42 Å². The molecule has 2 rings (SSSR count). The van der Waals surface area contributed by atoms with E-state index >= 15 is 0 Å². The Kier molecular flexibility index (Phi) is 3.42. The Labute approximate surface area is 106 Å². The van der Waals surface area contributed by atoms with Crippen LogP contribution in [0.5, 0.6) is 0 Å². The molecule has 0 radical (unpaired) electrons. The van der Waals surface area contributed by atoms with Crippen LogP contribution in [-0.4, -0.2) is 24.7 Å². The van der Waals surface area contributed by atoms with Crippen molar-refractivity contribution in [3.63, 3.8) is 0 Å². The summed E-state index contributed by atoms with van der Waals surface area (Å²) in [4.78, 5) is 0. The molecule has 0 bridgehead atoms. The van der Waals surface area contributed by atoms with Crippen molar-refractivity contribution in [2.45, 2.75) is 24.5 Å². The summed E-state index contributed by atoms with van der Waals surface area (Å²) in [5.41, 5.74) is 6.76. The van der Waals surface area contributed by atoms with E-state index in [9.17, 15) is 8.42 Å². The molecule has 1 aromatic carbocycles. The summed E-state index contributed by atoms with van der Waals surface area (Å²) in [6, 6.07) is 6.81. The number of benzene rings is 1. The van der Waals surface area contributed by atoms with Crippen LogP contribution in [0.2, 0.25) is 0 Å². The van der Waals surface area contributed by atoms with E-state index in [1.54, 1.807) is 24.3 Å². The van der Waals surface area contributed by atoms with Gasteiger partial charge in [-0.3, -0.25) is 4.72 Å². The summed E-state index contributed by atoms with van der Waals surface area (Å²) in [6.45, 7) is 0. The lowest BCUT2D eigenvalue weighted by molar-refractivity contribution is 0.317. The summed E-state index contributed by atoms with van der Waals surface area (Å²) in [7, 11) is -3.22. The van der Waals surface area contributed by atoms with Gasteiger partial charge in [-0.1, -0.05) is 17.3 Å². The molecule has 1 aromatic rings. The van der Waals surface area contributed by atoms with E-state index in [1.165, 1.54) is 0 Å². The van der Waals surface area contributed by atoms with Crippen LogP contribution in [0.25, 0.3) is 0 Å². The summed E-state index contributed by atoms with van der Waals surface area (Å²) >= 11 is 0. The fourth-order valence-corrected chi connectivity index (χ4v) is 2.95. The zero-order chi connectivity index (χ0) is 13.2. The van der Waals surface area contributed by atoms with Gasteiger partial charge in [-0.2, -0.15) is 0 Å². The normalized spacial score (nSPS) is 16.6. The highest BCUT2D eigenvalue weighted by Gasteiger charge is 2.35. The molecule has 0 amide bonds. The molecule has 0 aromatic heterocycles. The number of nitrogens with two attached hydrogens (primary N) is 1. The highest BCUT2D eigenvalue weighted by atomic mass is 32.2. The lowest BCUT2D eigenvalue weighted by Gasteiger charge is -2.07. The Bertz CT molecular complexity index is 547. The van der Waals surface area contributed by atoms with Gasteiger partial charge in [0.1, 0.15) is 5.84 Å². The maximum absolute atomic E-state index is 11.7. The summed E-state index contributed by atoms with van der Waals surface area (Å²) in [5, 5.41) is 11.1. The summed E-state index contributed by atoms with van der Waals surface area (Å²) in [6.07, 6.45) is 1.79. The van der Waals surface area contributed by atoms with Gasteiger partial charge in [0.05, 0.1) is 5.25 Å². The monoisotopic (exact) mass is 269 g/mol. The average Bonchev–Trinajstić information content (AvgIpc) is 3.15. The average molecular weight is 269 g/mol. The zero-order valence-corrected chi connectivity index (χ0v) is 10.5. The number of oxime groups is 1. The maximum Gasteiger partial charge on any atom is 0.235 e. The van der Waals surface area contributed by atoms with E-state index in [0.717, 1.165) is 18.4 Å². The Morgan fingerprint density at radius 3 is 2.50 bits per heavy atom. The van der Waals surface area contributed by atoms with Crippen molar-refractivity contribution >= 4 is 21.5 Å². The van der Waals surface area contributed by atoms with Crippen LogP contribution in [0.15, 0.2) is 29.4 Å². The van der Waals surface area contributed by atoms with Crippen LogP contribution >= 0.6 is 0 Å². The minimum Gasteiger partial charge on any atom is -0.409 e. The minimum atomic E-state index is -3.22. The molecule has 0 aliphatic heterocycles. The molecule has 0 spiro atoms. The molecular weight excluding hydrogens is 254 g/mol. The standard InChI is InChI=1S/C11H15N3O3S/c12-11(13-15)7-8-1-3-9(4-2-8)14-18(16,17)10-5-6-10/h1-4,10,14-15H,5-7H2,(H2,12,13). The summed E-state index contributed by atoms with van der Waals surface area (Å²) in [5.74, 6) is 0.112. The molecule has 1 aliphatic carbocycles. The van der Waals surface area contributed by atoms with Gasteiger partial charge in [-0.05, 0) is 30.5 Å². The van der Waals surface area contributed by atoms with Gasteiger partial charge in [0, 0.05) is 12.1 Å². The van der Waals surface area contributed by atoms with Crippen molar-refractivity contribution in [1.82, 2.24) is 0 Å². The van der Waals surface area contributed by atoms with E-state index in [0.29, 0.717) is 12.1 Å². The van der Waals surface area contributed by atoms with Gasteiger partial charge < -0.3 is 10.9 Å². The predicted octanol–water partition coefficient (Wildman–Crippen LogP) is 0.880. The molecule has 6 nitrogen and oxygen atoms in total. The molecule has 7 heteroatoms. The minimum absolute atomic E-state index is 0.112. The van der Waals surface area contributed by atoms with Gasteiger partial charge in [0.2, 0.25) is 10.0 Å². The number of nitrogens with zero attached hydrogens (tertiary/aromatic N) is 1. The quantitative estimate of drug-likeness (QED) is 0.319. The molecule has 0 heterocycles. The molecule has 4 N–H and O–H groups in total. The molecule has 0 saturated heterocycles. The largest absolute Gasteiger partial charge is 0.409 e. The van der Waals surface area contributed by atoms with Crippen molar-refractivity contribution in [2.75, 3.05) is 4.72 Å². The highest BCUT2D eigenvalue weighted by molar-refractivity contribution is 7.93. The molecule has 1 fully saturated rings. The molecule has 18 heavy (non-hydrogen) atoms. The van der Waals surface area contributed by atoms with E-state index in [4.69, 9.17) is 10.9 Å². The first-order chi connectivity index (χ1) is 8.51. The van der Waals surface area contributed by atoms with Crippen molar-refractivity contribution in [1.29, 1.82) is 0 Å². The predicted molar refractivity (Wildman–Crippen MR) is 69.1 cm³/mol. The number of nitrogens with one attached hydrogen (secondary N) is 1. The van der Waals surface area contributed by atoms with Crippen molar-refractivity contribution in [3.8, 4) is 0 Å². The van der Waals surface area contributed by atoms with Gasteiger partial charge in [-0.15, -0.1) is 0 Å². The van der Waals surface area contributed by atoms with Crippen LogP contribution in [0.4, 0.5) is 5.69 Å². The zero-order valence-electron chi connectivity index (χ0n) is 9.70. The number of hydrogen-bond donors (Lipinski definition) is 3. The molecular formula is C11H15N3O3S. The first kappa shape index (κ1) is 12.7. The maximum atomic E-state index is 11.7. The number of rotatable bonds is 5. The Balaban J connectivity index is 2.03. The first-order valence-electron chi connectivity index (χ1n) is 5.58. The second kappa shape index (κ2) is 4.85. The Morgan fingerprint density at radius 1 is 1.39 bits per heavy atom. The lowest BCUT2D eigenvalue weighted by Crippen LogP contribution is -2.17. The molecule has 98 valence electrons. The Morgan fingerprint density at radius 2 is 2.00 bits per heavy atom.